The van der Waals surface area contributed by atoms with Crippen molar-refractivity contribution < 1.29 is 0 Å². The highest BCUT2D eigenvalue weighted by atomic mass is 15.2. The maximum Gasteiger partial charge on any atom is 0.0591 e. The van der Waals surface area contributed by atoms with E-state index in [-0.39, 0.29) is 0 Å². The molecular formula is C30H33N. The number of rotatable bonds is 8. The molecule has 2 bridgehead atoms. The van der Waals surface area contributed by atoms with Gasteiger partial charge in [0, 0.05) is 11.4 Å². The summed E-state index contributed by atoms with van der Waals surface area (Å²) in [6.45, 7) is 2.17. The molecule has 0 N–H and O–H groups in total. The second-order valence-corrected chi connectivity index (χ2v) is 9.44. The van der Waals surface area contributed by atoms with E-state index in [0.29, 0.717) is 6.04 Å². The molecule has 0 aromatic heterocycles. The normalized spacial score (nSPS) is 22.5. The summed E-state index contributed by atoms with van der Waals surface area (Å²) in [4.78, 5) is 2.55. The SMILES string of the molecule is Cc1ccc(C(CCCC2CC3C=CC2C3)N(c2ccccc2)c2ccccc2)cc1. The Morgan fingerprint density at radius 2 is 1.42 bits per heavy atom. The lowest BCUT2D eigenvalue weighted by Gasteiger charge is -2.35. The molecule has 0 saturated heterocycles. The third kappa shape index (κ3) is 4.46. The topological polar surface area (TPSA) is 3.24 Å². The fourth-order valence-electron chi connectivity index (χ4n) is 5.72. The Morgan fingerprint density at radius 1 is 0.774 bits per heavy atom. The Labute approximate surface area is 187 Å². The average molecular weight is 408 g/mol. The summed E-state index contributed by atoms with van der Waals surface area (Å²) in [5, 5.41) is 0. The molecule has 0 spiro atoms. The minimum atomic E-state index is 0.333. The summed E-state index contributed by atoms with van der Waals surface area (Å²) >= 11 is 0. The second kappa shape index (κ2) is 9.14. The van der Waals surface area contributed by atoms with Gasteiger partial charge in [0.1, 0.15) is 0 Å². The highest BCUT2D eigenvalue weighted by Gasteiger charge is 2.35. The maximum atomic E-state index is 2.55. The van der Waals surface area contributed by atoms with Crippen LogP contribution in [-0.2, 0) is 0 Å². The van der Waals surface area contributed by atoms with E-state index in [2.05, 4.69) is 109 Å². The van der Waals surface area contributed by atoms with E-state index in [1.165, 1.54) is 54.6 Å². The number of hydrogen-bond acceptors (Lipinski definition) is 1. The quantitative estimate of drug-likeness (QED) is 0.340. The molecule has 0 aliphatic heterocycles. The third-order valence-electron chi connectivity index (χ3n) is 7.31. The standard InChI is InChI=1S/C30H33N/c1-23-15-18-25(19-16-23)30(14-8-9-26-21-24-17-20-27(26)22-24)31(28-10-4-2-5-11-28)29-12-6-3-7-13-29/h2-7,10-13,15-20,24,26-27,30H,8-9,14,21-22H2,1H3. The number of nitrogens with zero attached hydrogens (tertiary/aromatic N) is 1. The van der Waals surface area contributed by atoms with Crippen LogP contribution in [0, 0.1) is 24.7 Å². The molecule has 1 heteroatoms. The van der Waals surface area contributed by atoms with Gasteiger partial charge in [-0.15, -0.1) is 0 Å². The molecule has 5 rings (SSSR count). The van der Waals surface area contributed by atoms with Crippen LogP contribution in [0.4, 0.5) is 11.4 Å². The van der Waals surface area contributed by atoms with Gasteiger partial charge in [-0.3, -0.25) is 0 Å². The molecule has 0 amide bonds. The zero-order chi connectivity index (χ0) is 21.0. The lowest BCUT2D eigenvalue weighted by molar-refractivity contribution is 0.389. The summed E-state index contributed by atoms with van der Waals surface area (Å²) in [6.07, 6.45) is 11.6. The van der Waals surface area contributed by atoms with Crippen LogP contribution < -0.4 is 4.90 Å². The van der Waals surface area contributed by atoms with Crippen LogP contribution in [0.2, 0.25) is 0 Å². The zero-order valence-electron chi connectivity index (χ0n) is 18.5. The molecule has 1 nitrogen and oxygen atoms in total. The molecule has 31 heavy (non-hydrogen) atoms. The van der Waals surface area contributed by atoms with E-state index in [1.54, 1.807) is 0 Å². The molecule has 1 saturated carbocycles. The minimum absolute atomic E-state index is 0.333. The van der Waals surface area contributed by atoms with Crippen LogP contribution in [0.25, 0.3) is 0 Å². The van der Waals surface area contributed by atoms with Crippen molar-refractivity contribution in [3.8, 4) is 0 Å². The molecule has 4 unspecified atom stereocenters. The van der Waals surface area contributed by atoms with Crippen LogP contribution in [0.1, 0.15) is 49.3 Å². The van der Waals surface area contributed by atoms with E-state index in [0.717, 1.165) is 17.8 Å². The first kappa shape index (κ1) is 20.1. The van der Waals surface area contributed by atoms with Gasteiger partial charge in [-0.05, 0) is 80.2 Å². The van der Waals surface area contributed by atoms with Crippen molar-refractivity contribution in [3.05, 3.63) is 108 Å². The Morgan fingerprint density at radius 3 is 1.97 bits per heavy atom. The number of fused-ring (bicyclic) bond motifs is 2. The van der Waals surface area contributed by atoms with Gasteiger partial charge in [-0.25, -0.2) is 0 Å². The van der Waals surface area contributed by atoms with Gasteiger partial charge in [0.15, 0.2) is 0 Å². The Kier molecular flexibility index (Phi) is 5.93. The summed E-state index contributed by atoms with van der Waals surface area (Å²) in [6, 6.07) is 31.3. The number of hydrogen-bond donors (Lipinski definition) is 0. The van der Waals surface area contributed by atoms with Gasteiger partial charge in [0.2, 0.25) is 0 Å². The molecule has 3 aromatic rings. The largest absolute Gasteiger partial charge is 0.334 e. The highest BCUT2D eigenvalue weighted by molar-refractivity contribution is 5.65. The fraction of sp³-hybridized carbons (Fsp3) is 0.333. The highest BCUT2D eigenvalue weighted by Crippen LogP contribution is 2.46. The van der Waals surface area contributed by atoms with Gasteiger partial charge < -0.3 is 4.90 Å². The van der Waals surface area contributed by atoms with Gasteiger partial charge in [-0.1, -0.05) is 84.8 Å². The van der Waals surface area contributed by atoms with Crippen LogP contribution >= 0.6 is 0 Å². The van der Waals surface area contributed by atoms with Crippen molar-refractivity contribution in [1.29, 1.82) is 0 Å². The van der Waals surface area contributed by atoms with Crippen molar-refractivity contribution >= 4 is 11.4 Å². The van der Waals surface area contributed by atoms with Gasteiger partial charge >= 0.3 is 0 Å². The Balaban J connectivity index is 1.43. The predicted molar refractivity (Wildman–Crippen MR) is 132 cm³/mol. The number of aryl methyl sites for hydroxylation is 1. The third-order valence-corrected chi connectivity index (χ3v) is 7.31. The molecule has 0 radical (unpaired) electrons. The molecule has 2 aliphatic rings. The molecule has 158 valence electrons. The van der Waals surface area contributed by atoms with Crippen molar-refractivity contribution in [2.45, 2.75) is 45.1 Å². The Bertz CT molecular complexity index is 950. The predicted octanol–water partition coefficient (Wildman–Crippen LogP) is 8.26. The fourth-order valence-corrected chi connectivity index (χ4v) is 5.72. The summed E-state index contributed by atoms with van der Waals surface area (Å²) in [7, 11) is 0. The van der Waals surface area contributed by atoms with Crippen LogP contribution in [0.5, 0.6) is 0 Å². The lowest BCUT2D eigenvalue weighted by atomic mass is 9.87. The minimum Gasteiger partial charge on any atom is -0.334 e. The van der Waals surface area contributed by atoms with Crippen molar-refractivity contribution in [2.24, 2.45) is 17.8 Å². The first-order valence-electron chi connectivity index (χ1n) is 11.9. The van der Waals surface area contributed by atoms with E-state index >= 15 is 0 Å². The van der Waals surface area contributed by atoms with Crippen molar-refractivity contribution in [2.75, 3.05) is 4.90 Å². The zero-order valence-corrected chi connectivity index (χ0v) is 18.5. The number of benzene rings is 3. The van der Waals surface area contributed by atoms with E-state index in [1.807, 2.05) is 0 Å². The van der Waals surface area contributed by atoms with E-state index < -0.39 is 0 Å². The van der Waals surface area contributed by atoms with Gasteiger partial charge in [-0.2, -0.15) is 0 Å². The number of anilines is 2. The molecule has 3 aromatic carbocycles. The smallest absolute Gasteiger partial charge is 0.0591 e. The van der Waals surface area contributed by atoms with Crippen molar-refractivity contribution in [3.63, 3.8) is 0 Å². The first-order chi connectivity index (χ1) is 15.3. The monoisotopic (exact) mass is 407 g/mol. The molecule has 1 fully saturated rings. The van der Waals surface area contributed by atoms with E-state index in [9.17, 15) is 0 Å². The maximum absolute atomic E-state index is 2.55. The number of allylic oxidation sites excluding steroid dienone is 2. The molecule has 2 aliphatic carbocycles. The van der Waals surface area contributed by atoms with Gasteiger partial charge in [0.25, 0.3) is 0 Å². The molecule has 0 heterocycles. The second-order valence-electron chi connectivity index (χ2n) is 9.44. The molecular weight excluding hydrogens is 374 g/mol. The van der Waals surface area contributed by atoms with E-state index in [4.69, 9.17) is 0 Å². The van der Waals surface area contributed by atoms with Gasteiger partial charge in [0.05, 0.1) is 6.04 Å². The summed E-state index contributed by atoms with van der Waals surface area (Å²) in [5.74, 6) is 2.62. The molecule has 4 atom stereocenters. The van der Waals surface area contributed by atoms with Crippen LogP contribution in [-0.4, -0.2) is 0 Å². The van der Waals surface area contributed by atoms with Crippen molar-refractivity contribution in [1.82, 2.24) is 0 Å². The summed E-state index contributed by atoms with van der Waals surface area (Å²) in [5.41, 5.74) is 5.26. The number of para-hydroxylation sites is 2. The van der Waals surface area contributed by atoms with Crippen LogP contribution in [0.15, 0.2) is 97.1 Å². The lowest BCUT2D eigenvalue weighted by Crippen LogP contribution is -2.24. The summed E-state index contributed by atoms with van der Waals surface area (Å²) < 4.78 is 0. The average Bonchev–Trinajstić information content (AvgIpc) is 3.44. The first-order valence-corrected chi connectivity index (χ1v) is 11.9. The Hall–Kier alpha value is -2.80. The van der Waals surface area contributed by atoms with Crippen LogP contribution in [0.3, 0.4) is 0 Å².